The average Bonchev–Trinajstić information content (AvgIpc) is 3.53. The van der Waals surface area contributed by atoms with E-state index in [1.165, 1.54) is 5.56 Å². The zero-order valence-electron chi connectivity index (χ0n) is 22.5. The molecule has 0 N–H and O–H groups in total. The molecule has 5 rings (SSSR count). The smallest absolute Gasteiger partial charge is 0.351 e. The topological polar surface area (TPSA) is 81.3 Å². The molecule has 0 amide bonds. The minimum atomic E-state index is -0.292. The van der Waals surface area contributed by atoms with Crippen LogP contribution in [-0.2, 0) is 18.3 Å². The van der Waals surface area contributed by atoms with Gasteiger partial charge in [0, 0.05) is 49.9 Å². The van der Waals surface area contributed by atoms with E-state index in [-0.39, 0.29) is 23.9 Å². The van der Waals surface area contributed by atoms with Gasteiger partial charge in [-0.15, -0.1) is 5.10 Å². The molecule has 37 heavy (non-hydrogen) atoms. The maximum Gasteiger partial charge on any atom is 0.351 e. The average molecular weight is 528 g/mol. The molecule has 2 fully saturated rings. The second-order valence-electron chi connectivity index (χ2n) is 11.1. The molecule has 1 unspecified atom stereocenters. The van der Waals surface area contributed by atoms with Crippen molar-refractivity contribution in [2.45, 2.75) is 77.7 Å². The molecule has 9 nitrogen and oxygen atoms in total. The summed E-state index contributed by atoms with van der Waals surface area (Å²) in [7, 11) is 1.74. The molecule has 10 heteroatoms. The molecule has 2 aliphatic rings. The Hall–Kier alpha value is -2.49. The second kappa shape index (κ2) is 10.7. The first-order valence-electron chi connectivity index (χ1n) is 13.4. The standard InChI is InChI=1S/C27H38ClN7O2/c1-17(2)13-23(20-8-10-21(28)11-9-20)33-14-19(4)34(15-18(33)3)25-24-26(32(5)27(36)29-25)35(31-30-24)16-22-7-6-12-37-22/h8-11,17-19,22-23H,6-7,12-16H2,1-5H3/t18-,19+,22-,23?/m1/s1. The molecule has 0 saturated carbocycles. The summed E-state index contributed by atoms with van der Waals surface area (Å²) in [4.78, 5) is 22.3. The maximum absolute atomic E-state index is 13.0. The minimum absolute atomic E-state index is 0.102. The van der Waals surface area contributed by atoms with E-state index >= 15 is 0 Å². The first-order valence-corrected chi connectivity index (χ1v) is 13.8. The Morgan fingerprint density at radius 2 is 1.89 bits per heavy atom. The first kappa shape index (κ1) is 26.1. The predicted molar refractivity (Wildman–Crippen MR) is 146 cm³/mol. The number of anilines is 1. The number of halogens is 1. The number of fused-ring (bicyclic) bond motifs is 1. The van der Waals surface area contributed by atoms with Gasteiger partial charge in [0.2, 0.25) is 0 Å². The van der Waals surface area contributed by atoms with Crippen molar-refractivity contribution in [2.24, 2.45) is 13.0 Å². The van der Waals surface area contributed by atoms with Crippen molar-refractivity contribution in [3.05, 3.63) is 45.3 Å². The summed E-state index contributed by atoms with van der Waals surface area (Å²) < 4.78 is 9.17. The molecule has 2 saturated heterocycles. The van der Waals surface area contributed by atoms with Crippen LogP contribution in [0.3, 0.4) is 0 Å². The molecule has 3 aromatic rings. The molecule has 4 atom stereocenters. The molecule has 0 radical (unpaired) electrons. The molecule has 0 aliphatic carbocycles. The summed E-state index contributed by atoms with van der Waals surface area (Å²) >= 11 is 6.19. The molecule has 1 aromatic carbocycles. The lowest BCUT2D eigenvalue weighted by atomic mass is 9.92. The zero-order valence-corrected chi connectivity index (χ0v) is 23.2. The van der Waals surface area contributed by atoms with Crippen LogP contribution in [0, 0.1) is 5.92 Å². The van der Waals surface area contributed by atoms with E-state index in [2.05, 4.69) is 64.9 Å². The van der Waals surface area contributed by atoms with Crippen molar-refractivity contribution < 1.29 is 4.74 Å². The number of hydrogen-bond acceptors (Lipinski definition) is 7. The zero-order chi connectivity index (χ0) is 26.3. The predicted octanol–water partition coefficient (Wildman–Crippen LogP) is 4.04. The number of aryl methyl sites for hydroxylation is 1. The van der Waals surface area contributed by atoms with E-state index in [1.807, 2.05) is 12.1 Å². The van der Waals surface area contributed by atoms with Gasteiger partial charge < -0.3 is 9.64 Å². The fourth-order valence-electron chi connectivity index (χ4n) is 5.88. The van der Waals surface area contributed by atoms with Crippen LogP contribution in [0.4, 0.5) is 5.82 Å². The van der Waals surface area contributed by atoms with E-state index in [1.54, 1.807) is 16.3 Å². The van der Waals surface area contributed by atoms with E-state index in [4.69, 9.17) is 16.3 Å². The Kier molecular flexibility index (Phi) is 7.56. The van der Waals surface area contributed by atoms with Crippen LogP contribution in [0.2, 0.25) is 5.02 Å². The molecular formula is C27H38ClN7O2. The van der Waals surface area contributed by atoms with E-state index < -0.39 is 0 Å². The molecule has 2 aromatic heterocycles. The third-order valence-corrected chi connectivity index (χ3v) is 8.04. The van der Waals surface area contributed by atoms with Gasteiger partial charge in [0.05, 0.1) is 12.6 Å². The first-order chi connectivity index (χ1) is 17.7. The van der Waals surface area contributed by atoms with Crippen LogP contribution in [0.5, 0.6) is 0 Å². The van der Waals surface area contributed by atoms with Crippen molar-refractivity contribution >= 4 is 28.6 Å². The fourth-order valence-corrected chi connectivity index (χ4v) is 6.00. The molecule has 0 spiro atoms. The van der Waals surface area contributed by atoms with Gasteiger partial charge in [0.25, 0.3) is 0 Å². The van der Waals surface area contributed by atoms with Crippen molar-refractivity contribution in [2.75, 3.05) is 24.6 Å². The number of hydrogen-bond donors (Lipinski definition) is 0. The third-order valence-electron chi connectivity index (χ3n) is 7.78. The Labute approximate surface area is 223 Å². The van der Waals surface area contributed by atoms with E-state index in [9.17, 15) is 4.79 Å². The summed E-state index contributed by atoms with van der Waals surface area (Å²) in [6.07, 6.45) is 3.21. The van der Waals surface area contributed by atoms with Gasteiger partial charge in [0.1, 0.15) is 0 Å². The van der Waals surface area contributed by atoms with Crippen LogP contribution in [0.25, 0.3) is 11.2 Å². The Morgan fingerprint density at radius 1 is 1.14 bits per heavy atom. The lowest BCUT2D eigenvalue weighted by Crippen LogP contribution is -2.58. The van der Waals surface area contributed by atoms with E-state index in [0.717, 1.165) is 44.0 Å². The Morgan fingerprint density at radius 3 is 2.57 bits per heavy atom. The summed E-state index contributed by atoms with van der Waals surface area (Å²) in [5, 5.41) is 9.69. The fraction of sp³-hybridized carbons (Fsp3) is 0.630. The van der Waals surface area contributed by atoms with E-state index in [0.29, 0.717) is 35.5 Å². The summed E-state index contributed by atoms with van der Waals surface area (Å²) in [5.41, 5.74) is 2.37. The Bertz CT molecular complexity index is 1280. The number of nitrogens with zero attached hydrogens (tertiary/aromatic N) is 7. The number of rotatable bonds is 7. The summed E-state index contributed by atoms with van der Waals surface area (Å²) in [6, 6.07) is 8.95. The number of aromatic nitrogens is 5. The number of ether oxygens (including phenoxy) is 1. The number of piperazine rings is 1. The van der Waals surface area contributed by atoms with Gasteiger partial charge >= 0.3 is 5.69 Å². The molecule has 0 bridgehead atoms. The van der Waals surface area contributed by atoms with Gasteiger partial charge in [-0.05, 0) is 56.7 Å². The monoisotopic (exact) mass is 527 g/mol. The Balaban J connectivity index is 1.45. The summed E-state index contributed by atoms with van der Waals surface area (Å²) in [5.74, 6) is 1.18. The van der Waals surface area contributed by atoms with Gasteiger partial charge in [-0.1, -0.05) is 42.8 Å². The maximum atomic E-state index is 13.0. The lowest BCUT2D eigenvalue weighted by Gasteiger charge is -2.48. The van der Waals surface area contributed by atoms with Crippen molar-refractivity contribution in [3.8, 4) is 0 Å². The van der Waals surface area contributed by atoms with Crippen molar-refractivity contribution in [1.82, 2.24) is 29.4 Å². The molecule has 2 aliphatic heterocycles. The van der Waals surface area contributed by atoms with Crippen molar-refractivity contribution in [1.29, 1.82) is 0 Å². The summed E-state index contributed by atoms with van der Waals surface area (Å²) in [6.45, 7) is 12.0. The van der Waals surface area contributed by atoms with Crippen LogP contribution < -0.4 is 10.6 Å². The normalized spacial score (nSPS) is 23.9. The lowest BCUT2D eigenvalue weighted by molar-refractivity contribution is 0.0943. The van der Waals surface area contributed by atoms with Gasteiger partial charge in [0.15, 0.2) is 17.0 Å². The SMILES string of the molecule is CC(C)CC(c1ccc(Cl)cc1)N1C[C@H](C)N(c2nc(=O)n(C)c3c2nnn3C[C@H]2CCCO2)C[C@H]1C. The second-order valence-corrected chi connectivity index (χ2v) is 11.5. The highest BCUT2D eigenvalue weighted by Gasteiger charge is 2.36. The van der Waals surface area contributed by atoms with Crippen molar-refractivity contribution in [3.63, 3.8) is 0 Å². The van der Waals surface area contributed by atoms with Gasteiger partial charge in [-0.2, -0.15) is 4.98 Å². The van der Waals surface area contributed by atoms with Crippen LogP contribution in [0.15, 0.2) is 29.1 Å². The van der Waals surface area contributed by atoms with Crippen LogP contribution >= 0.6 is 11.6 Å². The highest BCUT2D eigenvalue weighted by molar-refractivity contribution is 6.30. The molecule has 200 valence electrons. The third kappa shape index (κ3) is 5.26. The van der Waals surface area contributed by atoms with Crippen LogP contribution in [-0.4, -0.2) is 67.3 Å². The highest BCUT2D eigenvalue weighted by atomic mass is 35.5. The van der Waals surface area contributed by atoms with Crippen LogP contribution in [0.1, 0.15) is 58.6 Å². The minimum Gasteiger partial charge on any atom is -0.376 e. The quantitative estimate of drug-likeness (QED) is 0.458. The highest BCUT2D eigenvalue weighted by Crippen LogP contribution is 2.35. The number of benzene rings is 1. The molecule has 4 heterocycles. The van der Waals surface area contributed by atoms with Gasteiger partial charge in [-0.25, -0.2) is 9.48 Å². The molecular weight excluding hydrogens is 490 g/mol. The largest absolute Gasteiger partial charge is 0.376 e. The van der Waals surface area contributed by atoms with Gasteiger partial charge in [-0.3, -0.25) is 9.47 Å².